The number of thiophene rings is 1. The van der Waals surface area contributed by atoms with Gasteiger partial charge in [-0.25, -0.2) is 9.66 Å². The summed E-state index contributed by atoms with van der Waals surface area (Å²) in [5.74, 6) is 0.392. The van der Waals surface area contributed by atoms with E-state index in [9.17, 15) is 9.59 Å². The highest BCUT2D eigenvalue weighted by molar-refractivity contribution is 7.18. The molecule has 0 unspecified atom stereocenters. The molecule has 1 N–H and O–H groups in total. The number of carbonyl (C=O) groups is 1. The Morgan fingerprint density at radius 2 is 2.14 bits per heavy atom. The number of aryl methyl sites for hydroxylation is 3. The fourth-order valence-corrected chi connectivity index (χ4v) is 4.14. The quantitative estimate of drug-likeness (QED) is 0.947. The predicted molar refractivity (Wildman–Crippen MR) is 84.5 cm³/mol. The Bertz CT molecular complexity index is 760. The van der Waals surface area contributed by atoms with Crippen LogP contribution >= 0.6 is 11.3 Å². The van der Waals surface area contributed by atoms with Gasteiger partial charge in [0.2, 0.25) is 5.91 Å². The van der Waals surface area contributed by atoms with Crippen LogP contribution in [0, 0.1) is 6.92 Å². The molecular formula is C15H19N3O2S. The average Bonchev–Trinajstić information content (AvgIpc) is 2.81. The minimum Gasteiger partial charge on any atom is -0.273 e. The number of rotatable bonds is 3. The van der Waals surface area contributed by atoms with Gasteiger partial charge in [-0.15, -0.1) is 11.3 Å². The second-order valence-electron chi connectivity index (χ2n) is 5.48. The van der Waals surface area contributed by atoms with Gasteiger partial charge in [-0.2, -0.15) is 0 Å². The molecular weight excluding hydrogens is 286 g/mol. The Balaban J connectivity index is 2.13. The lowest BCUT2D eigenvalue weighted by Crippen LogP contribution is -2.35. The van der Waals surface area contributed by atoms with Crippen molar-refractivity contribution in [3.8, 4) is 0 Å². The summed E-state index contributed by atoms with van der Waals surface area (Å²) < 4.78 is 1.31. The van der Waals surface area contributed by atoms with Crippen molar-refractivity contribution >= 4 is 27.5 Å². The monoisotopic (exact) mass is 305 g/mol. The van der Waals surface area contributed by atoms with Crippen molar-refractivity contribution in [1.82, 2.24) is 9.66 Å². The minimum atomic E-state index is -0.145. The zero-order chi connectivity index (χ0) is 15.0. The number of carbonyl (C=O) groups excluding carboxylic acids is 1. The van der Waals surface area contributed by atoms with Crippen molar-refractivity contribution in [2.75, 3.05) is 5.43 Å². The molecule has 5 nitrogen and oxygen atoms in total. The smallest absolute Gasteiger partial charge is 0.273 e. The lowest BCUT2D eigenvalue weighted by atomic mass is 9.97. The predicted octanol–water partition coefficient (Wildman–Crippen LogP) is 2.52. The molecule has 0 radical (unpaired) electrons. The van der Waals surface area contributed by atoms with Gasteiger partial charge in [0.15, 0.2) is 0 Å². The zero-order valence-electron chi connectivity index (χ0n) is 12.4. The molecule has 0 atom stereocenters. The van der Waals surface area contributed by atoms with E-state index in [0.29, 0.717) is 17.6 Å². The van der Waals surface area contributed by atoms with Gasteiger partial charge < -0.3 is 0 Å². The summed E-state index contributed by atoms with van der Waals surface area (Å²) in [6.07, 6.45) is 5.44. The van der Waals surface area contributed by atoms with E-state index >= 15 is 0 Å². The molecule has 1 aliphatic rings. The third kappa shape index (κ3) is 2.48. The number of nitrogens with zero attached hydrogens (tertiary/aromatic N) is 2. The van der Waals surface area contributed by atoms with Crippen LogP contribution in [-0.2, 0) is 17.6 Å². The molecule has 0 bridgehead atoms. The van der Waals surface area contributed by atoms with Crippen molar-refractivity contribution < 1.29 is 4.79 Å². The van der Waals surface area contributed by atoms with E-state index < -0.39 is 0 Å². The largest absolute Gasteiger partial charge is 0.281 e. The van der Waals surface area contributed by atoms with E-state index in [1.165, 1.54) is 16.0 Å². The number of hydrogen-bond donors (Lipinski definition) is 1. The van der Waals surface area contributed by atoms with Crippen LogP contribution in [0.3, 0.4) is 0 Å². The molecule has 3 rings (SSSR count). The number of fused-ring (bicyclic) bond motifs is 3. The maximum Gasteiger partial charge on any atom is 0.281 e. The van der Waals surface area contributed by atoms with Gasteiger partial charge in [0.1, 0.15) is 10.7 Å². The topological polar surface area (TPSA) is 64.0 Å². The molecule has 0 aromatic carbocycles. The highest BCUT2D eigenvalue weighted by Gasteiger charge is 2.21. The molecule has 0 fully saturated rings. The fraction of sp³-hybridized carbons (Fsp3) is 0.533. The molecule has 0 saturated carbocycles. The molecule has 0 saturated heterocycles. The highest BCUT2D eigenvalue weighted by atomic mass is 32.1. The van der Waals surface area contributed by atoms with Gasteiger partial charge in [0.05, 0.1) is 5.39 Å². The Morgan fingerprint density at radius 1 is 1.38 bits per heavy atom. The second-order valence-corrected chi connectivity index (χ2v) is 6.56. The van der Waals surface area contributed by atoms with Crippen LogP contribution in [0.5, 0.6) is 0 Å². The molecule has 1 aliphatic carbocycles. The number of nitrogens with one attached hydrogen (secondary N) is 1. The van der Waals surface area contributed by atoms with Crippen molar-refractivity contribution in [1.29, 1.82) is 0 Å². The number of aromatic nitrogens is 2. The first-order chi connectivity index (χ1) is 10.1. The van der Waals surface area contributed by atoms with E-state index in [1.54, 1.807) is 18.3 Å². The third-order valence-corrected chi connectivity index (χ3v) is 5.06. The van der Waals surface area contributed by atoms with Crippen LogP contribution in [0.4, 0.5) is 0 Å². The molecule has 0 spiro atoms. The molecule has 2 heterocycles. The van der Waals surface area contributed by atoms with Crippen LogP contribution in [0.2, 0.25) is 0 Å². The molecule has 2 aromatic heterocycles. The lowest BCUT2D eigenvalue weighted by Gasteiger charge is -2.12. The molecule has 112 valence electrons. The van der Waals surface area contributed by atoms with Crippen molar-refractivity contribution in [3.63, 3.8) is 0 Å². The first-order valence-corrected chi connectivity index (χ1v) is 8.27. The summed E-state index contributed by atoms with van der Waals surface area (Å²) in [6, 6.07) is 0. The molecule has 6 heteroatoms. The summed E-state index contributed by atoms with van der Waals surface area (Å²) >= 11 is 1.63. The van der Waals surface area contributed by atoms with E-state index in [0.717, 1.165) is 36.1 Å². The Hall–Kier alpha value is -1.69. The Morgan fingerprint density at radius 3 is 2.90 bits per heavy atom. The third-order valence-electron chi connectivity index (χ3n) is 3.87. The van der Waals surface area contributed by atoms with Crippen molar-refractivity contribution in [2.45, 2.75) is 52.4 Å². The molecule has 1 amide bonds. The normalized spacial score (nSPS) is 14.2. The summed E-state index contributed by atoms with van der Waals surface area (Å²) in [6.45, 7) is 3.69. The summed E-state index contributed by atoms with van der Waals surface area (Å²) in [5.41, 5.74) is 3.69. The second kappa shape index (κ2) is 5.60. The Labute approximate surface area is 127 Å². The van der Waals surface area contributed by atoms with Gasteiger partial charge in [-0.1, -0.05) is 6.92 Å². The number of hydrogen-bond acceptors (Lipinski definition) is 4. The maximum atomic E-state index is 12.7. The first kappa shape index (κ1) is 14.3. The summed E-state index contributed by atoms with van der Waals surface area (Å²) in [5, 5.41) is 0.706. The van der Waals surface area contributed by atoms with E-state index in [2.05, 4.69) is 10.4 Å². The number of amides is 1. The van der Waals surface area contributed by atoms with Crippen LogP contribution < -0.4 is 11.0 Å². The van der Waals surface area contributed by atoms with E-state index in [4.69, 9.17) is 0 Å². The average molecular weight is 305 g/mol. The standard InChI is InChI=1S/C15H19N3O2S/c1-3-6-12(19)17-18-9(2)16-14-13(15(18)20)10-7-4-5-8-11(10)21-14/h3-8H2,1-2H3,(H,17,19). The van der Waals surface area contributed by atoms with Crippen molar-refractivity contribution in [3.05, 3.63) is 26.6 Å². The molecule has 2 aromatic rings. The SMILES string of the molecule is CCCC(=O)Nn1c(C)nc2sc3c(c2c1=O)CCCC3. The molecule has 21 heavy (non-hydrogen) atoms. The molecule has 0 aliphatic heterocycles. The zero-order valence-corrected chi connectivity index (χ0v) is 13.2. The van der Waals surface area contributed by atoms with Gasteiger partial charge >= 0.3 is 0 Å². The maximum absolute atomic E-state index is 12.7. The van der Waals surface area contributed by atoms with Crippen LogP contribution in [0.1, 0.15) is 48.9 Å². The van der Waals surface area contributed by atoms with E-state index in [-0.39, 0.29) is 11.5 Å². The lowest BCUT2D eigenvalue weighted by molar-refractivity contribution is -0.117. The van der Waals surface area contributed by atoms with Gasteiger partial charge in [0.25, 0.3) is 5.56 Å². The van der Waals surface area contributed by atoms with E-state index in [1.807, 2.05) is 6.92 Å². The van der Waals surface area contributed by atoms with Gasteiger partial charge in [0, 0.05) is 11.3 Å². The van der Waals surface area contributed by atoms with Crippen LogP contribution in [-0.4, -0.2) is 15.6 Å². The first-order valence-electron chi connectivity index (χ1n) is 7.45. The van der Waals surface area contributed by atoms with Crippen LogP contribution in [0.25, 0.3) is 10.2 Å². The fourth-order valence-electron chi connectivity index (χ4n) is 2.85. The Kier molecular flexibility index (Phi) is 3.80. The summed E-state index contributed by atoms with van der Waals surface area (Å²) in [7, 11) is 0. The summed E-state index contributed by atoms with van der Waals surface area (Å²) in [4.78, 5) is 31.1. The van der Waals surface area contributed by atoms with Crippen molar-refractivity contribution in [2.24, 2.45) is 0 Å². The van der Waals surface area contributed by atoms with Gasteiger partial charge in [-0.05, 0) is 44.6 Å². The highest BCUT2D eigenvalue weighted by Crippen LogP contribution is 2.33. The van der Waals surface area contributed by atoms with Crippen LogP contribution in [0.15, 0.2) is 4.79 Å². The van der Waals surface area contributed by atoms with Gasteiger partial charge in [-0.3, -0.25) is 15.0 Å². The minimum absolute atomic E-state index is 0.138.